The molecular formula is C23H25NO2Si. The minimum absolute atomic E-state index is 0.187. The number of amides is 1. The number of benzene rings is 3. The lowest BCUT2D eigenvalue weighted by atomic mass is 9.85. The molecule has 0 aliphatic heterocycles. The largest absolute Gasteiger partial charge is 0.397 e. The van der Waals surface area contributed by atoms with Crippen LogP contribution in [-0.4, -0.2) is 14.2 Å². The highest BCUT2D eigenvalue weighted by molar-refractivity contribution is 6.70. The van der Waals surface area contributed by atoms with E-state index in [1.807, 2.05) is 91.0 Å². The first-order valence-electron chi connectivity index (χ1n) is 9.09. The molecule has 3 aromatic carbocycles. The molecule has 27 heavy (non-hydrogen) atoms. The molecule has 0 saturated heterocycles. The first kappa shape index (κ1) is 19.1. The summed E-state index contributed by atoms with van der Waals surface area (Å²) in [6, 6.07) is 29.0. The Morgan fingerprint density at radius 3 is 1.56 bits per heavy atom. The van der Waals surface area contributed by atoms with Gasteiger partial charge in [-0.25, -0.2) is 0 Å². The van der Waals surface area contributed by atoms with Crippen LogP contribution in [-0.2, 0) is 14.8 Å². The second-order valence-corrected chi connectivity index (χ2v) is 11.9. The van der Waals surface area contributed by atoms with Crippen molar-refractivity contribution in [3.63, 3.8) is 0 Å². The van der Waals surface area contributed by atoms with Crippen molar-refractivity contribution >= 4 is 19.9 Å². The van der Waals surface area contributed by atoms with Gasteiger partial charge >= 0.3 is 0 Å². The van der Waals surface area contributed by atoms with E-state index < -0.39 is 13.9 Å². The molecule has 0 aliphatic rings. The van der Waals surface area contributed by atoms with Gasteiger partial charge in [-0.15, -0.1) is 0 Å². The summed E-state index contributed by atoms with van der Waals surface area (Å²) < 4.78 is 6.66. The van der Waals surface area contributed by atoms with Crippen LogP contribution in [0.4, 0.5) is 5.69 Å². The number of para-hydroxylation sites is 1. The molecule has 0 unspecified atom stereocenters. The summed E-state index contributed by atoms with van der Waals surface area (Å²) >= 11 is 0. The van der Waals surface area contributed by atoms with Crippen molar-refractivity contribution < 1.29 is 9.22 Å². The van der Waals surface area contributed by atoms with Crippen LogP contribution >= 0.6 is 0 Å². The molecule has 1 amide bonds. The third kappa shape index (κ3) is 4.35. The number of hydrogen-bond acceptors (Lipinski definition) is 2. The second-order valence-electron chi connectivity index (χ2n) is 7.45. The summed E-state index contributed by atoms with van der Waals surface area (Å²) in [5.41, 5.74) is 1.19. The predicted octanol–water partition coefficient (Wildman–Crippen LogP) is 5.42. The van der Waals surface area contributed by atoms with Gasteiger partial charge in [0.15, 0.2) is 13.9 Å². The molecule has 1 N–H and O–H groups in total. The maximum atomic E-state index is 13.7. The van der Waals surface area contributed by atoms with Crippen LogP contribution < -0.4 is 5.32 Å². The van der Waals surface area contributed by atoms with Gasteiger partial charge in [0.25, 0.3) is 5.91 Å². The molecule has 0 fully saturated rings. The molecule has 0 saturated carbocycles. The highest BCUT2D eigenvalue weighted by atomic mass is 28.4. The zero-order valence-corrected chi connectivity index (χ0v) is 17.0. The molecule has 0 heterocycles. The van der Waals surface area contributed by atoms with E-state index in [0.717, 1.165) is 16.8 Å². The Labute approximate surface area is 162 Å². The molecule has 138 valence electrons. The van der Waals surface area contributed by atoms with E-state index in [1.165, 1.54) is 0 Å². The maximum Gasteiger partial charge on any atom is 0.265 e. The quantitative estimate of drug-likeness (QED) is 0.584. The van der Waals surface area contributed by atoms with E-state index in [2.05, 4.69) is 25.0 Å². The molecule has 0 radical (unpaired) electrons. The zero-order chi connectivity index (χ0) is 19.3. The van der Waals surface area contributed by atoms with Crippen LogP contribution in [0.15, 0.2) is 91.0 Å². The first-order chi connectivity index (χ1) is 12.9. The number of carbonyl (C=O) groups is 1. The molecule has 3 nitrogen and oxygen atoms in total. The van der Waals surface area contributed by atoms with E-state index in [-0.39, 0.29) is 5.91 Å². The lowest BCUT2D eigenvalue weighted by Gasteiger charge is -2.38. The summed E-state index contributed by atoms with van der Waals surface area (Å²) in [7, 11) is -2.10. The average molecular weight is 376 g/mol. The molecule has 0 aromatic heterocycles. The Balaban J connectivity index is 2.18. The summed E-state index contributed by atoms with van der Waals surface area (Å²) in [4.78, 5) is 13.7. The molecule has 0 atom stereocenters. The summed E-state index contributed by atoms with van der Waals surface area (Å²) in [5, 5.41) is 3.06. The molecule has 0 spiro atoms. The van der Waals surface area contributed by atoms with Crippen LogP contribution in [0.1, 0.15) is 11.1 Å². The van der Waals surface area contributed by atoms with Crippen molar-refractivity contribution in [2.45, 2.75) is 25.2 Å². The van der Waals surface area contributed by atoms with E-state index in [1.54, 1.807) is 0 Å². The van der Waals surface area contributed by atoms with Crippen molar-refractivity contribution in [1.29, 1.82) is 0 Å². The average Bonchev–Trinajstić information content (AvgIpc) is 2.67. The smallest absolute Gasteiger partial charge is 0.265 e. The minimum Gasteiger partial charge on any atom is -0.397 e. The molecular weight excluding hydrogens is 350 g/mol. The van der Waals surface area contributed by atoms with Gasteiger partial charge < -0.3 is 9.74 Å². The van der Waals surface area contributed by atoms with Crippen LogP contribution in [0.2, 0.25) is 19.6 Å². The zero-order valence-electron chi connectivity index (χ0n) is 16.0. The van der Waals surface area contributed by atoms with Gasteiger partial charge in [0.05, 0.1) is 0 Å². The third-order valence-corrected chi connectivity index (χ3v) is 5.09. The van der Waals surface area contributed by atoms with E-state index >= 15 is 0 Å². The van der Waals surface area contributed by atoms with Crippen molar-refractivity contribution in [3.05, 3.63) is 102 Å². The van der Waals surface area contributed by atoms with Gasteiger partial charge in [0, 0.05) is 5.69 Å². The summed E-state index contributed by atoms with van der Waals surface area (Å²) in [6.07, 6.45) is 0. The van der Waals surface area contributed by atoms with Crippen LogP contribution in [0.5, 0.6) is 0 Å². The van der Waals surface area contributed by atoms with Crippen LogP contribution in [0.3, 0.4) is 0 Å². The third-order valence-electron chi connectivity index (χ3n) is 4.17. The van der Waals surface area contributed by atoms with Gasteiger partial charge in [0.2, 0.25) is 0 Å². The monoisotopic (exact) mass is 375 g/mol. The molecule has 4 heteroatoms. The highest BCUT2D eigenvalue weighted by Gasteiger charge is 2.46. The van der Waals surface area contributed by atoms with Gasteiger partial charge in [-0.1, -0.05) is 78.9 Å². The SMILES string of the molecule is C[Si](C)(C)OC(C(=O)Nc1ccccc1)(c1ccccc1)c1ccccc1. The summed E-state index contributed by atoms with van der Waals surface area (Å²) in [6.45, 7) is 6.30. The van der Waals surface area contributed by atoms with E-state index in [0.29, 0.717) is 0 Å². The van der Waals surface area contributed by atoms with Crippen molar-refractivity contribution in [1.82, 2.24) is 0 Å². The Kier molecular flexibility index (Phi) is 5.58. The standard InChI is InChI=1S/C23H25NO2Si/c1-27(2,3)26-23(19-13-7-4-8-14-19,20-15-9-5-10-16-20)22(25)24-21-17-11-6-12-18-21/h4-18H,1-3H3,(H,24,25). The lowest BCUT2D eigenvalue weighted by molar-refractivity contribution is -0.129. The fourth-order valence-corrected chi connectivity index (χ4v) is 4.39. The first-order valence-corrected chi connectivity index (χ1v) is 12.5. The fraction of sp³-hybridized carbons (Fsp3) is 0.174. The topological polar surface area (TPSA) is 38.3 Å². The van der Waals surface area contributed by atoms with Crippen molar-refractivity contribution in [2.75, 3.05) is 5.32 Å². The van der Waals surface area contributed by atoms with Crippen molar-refractivity contribution in [2.24, 2.45) is 0 Å². The molecule has 0 aliphatic carbocycles. The Morgan fingerprint density at radius 1 is 0.741 bits per heavy atom. The minimum atomic E-state index is -2.10. The molecule has 0 bridgehead atoms. The van der Waals surface area contributed by atoms with Crippen LogP contribution in [0.25, 0.3) is 0 Å². The number of anilines is 1. The maximum absolute atomic E-state index is 13.7. The van der Waals surface area contributed by atoms with Crippen LogP contribution in [0, 0.1) is 0 Å². The van der Waals surface area contributed by atoms with Gasteiger partial charge in [0.1, 0.15) is 0 Å². The van der Waals surface area contributed by atoms with Crippen molar-refractivity contribution in [3.8, 4) is 0 Å². The summed E-state index contributed by atoms with van der Waals surface area (Å²) in [5.74, 6) is -0.187. The predicted molar refractivity (Wildman–Crippen MR) is 113 cm³/mol. The lowest BCUT2D eigenvalue weighted by Crippen LogP contribution is -2.49. The Hall–Kier alpha value is -2.69. The van der Waals surface area contributed by atoms with Gasteiger partial charge in [-0.2, -0.15) is 0 Å². The normalized spacial score (nSPS) is 11.8. The van der Waals surface area contributed by atoms with E-state index in [9.17, 15) is 4.79 Å². The highest BCUT2D eigenvalue weighted by Crippen LogP contribution is 2.37. The van der Waals surface area contributed by atoms with Gasteiger partial charge in [-0.05, 0) is 42.9 Å². The Bertz CT molecular complexity index is 835. The molecule has 3 aromatic rings. The number of rotatable bonds is 6. The number of hydrogen-bond donors (Lipinski definition) is 1. The number of nitrogens with one attached hydrogen (secondary N) is 1. The number of carbonyl (C=O) groups excluding carboxylic acids is 1. The molecule has 3 rings (SSSR count). The second kappa shape index (κ2) is 7.90. The van der Waals surface area contributed by atoms with E-state index in [4.69, 9.17) is 4.43 Å². The van der Waals surface area contributed by atoms with Gasteiger partial charge in [-0.3, -0.25) is 4.79 Å². The Morgan fingerprint density at radius 2 is 1.15 bits per heavy atom. The fourth-order valence-electron chi connectivity index (χ4n) is 3.14.